The second-order valence-electron chi connectivity index (χ2n) is 4.11. The van der Waals surface area contributed by atoms with E-state index in [1.54, 1.807) is 0 Å². The van der Waals surface area contributed by atoms with E-state index in [0.29, 0.717) is 12.0 Å². The molecule has 0 bridgehead atoms. The van der Waals surface area contributed by atoms with Crippen LogP contribution in [0.3, 0.4) is 0 Å². The SMILES string of the molecule is Cc1ccc(N(C)C(N)=NC2CC2)cc1. The van der Waals surface area contributed by atoms with E-state index < -0.39 is 0 Å². The molecule has 0 aromatic heterocycles. The Hall–Kier alpha value is -1.51. The van der Waals surface area contributed by atoms with Gasteiger partial charge in [-0.15, -0.1) is 0 Å². The van der Waals surface area contributed by atoms with Crippen LogP contribution in [0.4, 0.5) is 5.69 Å². The molecule has 0 amide bonds. The topological polar surface area (TPSA) is 41.6 Å². The predicted molar refractivity (Wildman–Crippen MR) is 64.2 cm³/mol. The van der Waals surface area contributed by atoms with Crippen LogP contribution in [-0.2, 0) is 0 Å². The molecular weight excluding hydrogens is 186 g/mol. The number of guanidine groups is 1. The summed E-state index contributed by atoms with van der Waals surface area (Å²) in [5.41, 5.74) is 8.24. The molecule has 0 heterocycles. The zero-order valence-corrected chi connectivity index (χ0v) is 9.27. The number of benzene rings is 1. The fourth-order valence-corrected chi connectivity index (χ4v) is 1.38. The molecule has 2 N–H and O–H groups in total. The third kappa shape index (κ3) is 2.49. The Labute approximate surface area is 90.6 Å². The van der Waals surface area contributed by atoms with Gasteiger partial charge in [0.15, 0.2) is 5.96 Å². The third-order valence-electron chi connectivity index (χ3n) is 2.63. The molecule has 0 aliphatic heterocycles. The van der Waals surface area contributed by atoms with E-state index in [-0.39, 0.29) is 0 Å². The Morgan fingerprint density at radius 3 is 2.47 bits per heavy atom. The van der Waals surface area contributed by atoms with Crippen molar-refractivity contribution in [1.29, 1.82) is 0 Å². The average Bonchev–Trinajstić information content (AvgIpc) is 3.02. The average molecular weight is 203 g/mol. The highest BCUT2D eigenvalue weighted by Gasteiger charge is 2.21. The lowest BCUT2D eigenvalue weighted by Gasteiger charge is -2.18. The number of hydrogen-bond donors (Lipinski definition) is 1. The molecule has 2 rings (SSSR count). The van der Waals surface area contributed by atoms with Crippen molar-refractivity contribution < 1.29 is 0 Å². The number of aliphatic imine (C=N–C) groups is 1. The van der Waals surface area contributed by atoms with Crippen LogP contribution in [0.5, 0.6) is 0 Å². The zero-order valence-electron chi connectivity index (χ0n) is 9.27. The van der Waals surface area contributed by atoms with Gasteiger partial charge in [-0.05, 0) is 31.9 Å². The van der Waals surface area contributed by atoms with Gasteiger partial charge in [-0.2, -0.15) is 0 Å². The number of rotatable bonds is 2. The van der Waals surface area contributed by atoms with Crippen molar-refractivity contribution in [3.8, 4) is 0 Å². The van der Waals surface area contributed by atoms with E-state index in [1.165, 1.54) is 18.4 Å². The lowest BCUT2D eigenvalue weighted by Crippen LogP contribution is -2.34. The predicted octanol–water partition coefficient (Wildman–Crippen LogP) is 1.91. The Balaban J connectivity index is 2.12. The summed E-state index contributed by atoms with van der Waals surface area (Å²) in [7, 11) is 1.95. The molecule has 1 aromatic carbocycles. The van der Waals surface area contributed by atoms with E-state index in [2.05, 4.69) is 36.2 Å². The highest BCUT2D eigenvalue weighted by molar-refractivity contribution is 5.94. The summed E-state index contributed by atoms with van der Waals surface area (Å²) >= 11 is 0. The van der Waals surface area contributed by atoms with Crippen molar-refractivity contribution in [3.05, 3.63) is 29.8 Å². The Morgan fingerprint density at radius 1 is 1.33 bits per heavy atom. The smallest absolute Gasteiger partial charge is 0.195 e. The van der Waals surface area contributed by atoms with Crippen LogP contribution < -0.4 is 10.6 Å². The molecule has 0 unspecified atom stereocenters. The van der Waals surface area contributed by atoms with Crippen molar-refractivity contribution in [2.75, 3.05) is 11.9 Å². The van der Waals surface area contributed by atoms with Gasteiger partial charge < -0.3 is 10.6 Å². The van der Waals surface area contributed by atoms with Crippen LogP contribution in [0.25, 0.3) is 0 Å². The van der Waals surface area contributed by atoms with E-state index in [9.17, 15) is 0 Å². The van der Waals surface area contributed by atoms with Crippen LogP contribution in [-0.4, -0.2) is 19.0 Å². The molecule has 80 valence electrons. The molecule has 3 heteroatoms. The molecule has 0 atom stereocenters. The third-order valence-corrected chi connectivity index (χ3v) is 2.63. The molecular formula is C12H17N3. The molecule has 1 aromatic rings. The van der Waals surface area contributed by atoms with Crippen molar-refractivity contribution in [2.24, 2.45) is 10.7 Å². The summed E-state index contributed by atoms with van der Waals surface area (Å²) in [6.07, 6.45) is 2.37. The van der Waals surface area contributed by atoms with Gasteiger partial charge in [0.1, 0.15) is 0 Å². The van der Waals surface area contributed by atoms with Gasteiger partial charge >= 0.3 is 0 Å². The number of nitrogens with two attached hydrogens (primary N) is 1. The first kappa shape index (κ1) is 10.0. The van der Waals surface area contributed by atoms with E-state index in [1.807, 2.05) is 11.9 Å². The molecule has 0 radical (unpaired) electrons. The zero-order chi connectivity index (χ0) is 10.8. The highest BCUT2D eigenvalue weighted by atomic mass is 15.2. The second-order valence-corrected chi connectivity index (χ2v) is 4.11. The van der Waals surface area contributed by atoms with E-state index in [4.69, 9.17) is 5.73 Å². The molecule has 1 aliphatic carbocycles. The summed E-state index contributed by atoms with van der Waals surface area (Å²) in [6, 6.07) is 8.75. The molecule has 0 spiro atoms. The maximum absolute atomic E-state index is 5.90. The van der Waals surface area contributed by atoms with Gasteiger partial charge in [-0.3, -0.25) is 0 Å². The quantitative estimate of drug-likeness (QED) is 0.589. The first-order chi connectivity index (χ1) is 7.16. The number of anilines is 1. The number of aryl methyl sites for hydroxylation is 1. The summed E-state index contributed by atoms with van der Waals surface area (Å²) < 4.78 is 0. The molecule has 0 saturated heterocycles. The summed E-state index contributed by atoms with van der Waals surface area (Å²) in [6.45, 7) is 2.07. The summed E-state index contributed by atoms with van der Waals surface area (Å²) in [5, 5.41) is 0. The van der Waals surface area contributed by atoms with Crippen LogP contribution in [0, 0.1) is 6.92 Å². The van der Waals surface area contributed by atoms with Gasteiger partial charge in [0, 0.05) is 12.7 Å². The second kappa shape index (κ2) is 3.93. The van der Waals surface area contributed by atoms with Gasteiger partial charge in [-0.25, -0.2) is 4.99 Å². The van der Waals surface area contributed by atoms with Crippen molar-refractivity contribution in [2.45, 2.75) is 25.8 Å². The van der Waals surface area contributed by atoms with Crippen molar-refractivity contribution >= 4 is 11.6 Å². The van der Waals surface area contributed by atoms with Crippen molar-refractivity contribution in [3.63, 3.8) is 0 Å². The molecule has 1 fully saturated rings. The van der Waals surface area contributed by atoms with Gasteiger partial charge in [-0.1, -0.05) is 17.7 Å². The Bertz CT molecular complexity index is 363. The lowest BCUT2D eigenvalue weighted by molar-refractivity contribution is 1.03. The molecule has 15 heavy (non-hydrogen) atoms. The molecule has 3 nitrogen and oxygen atoms in total. The first-order valence-electron chi connectivity index (χ1n) is 5.30. The van der Waals surface area contributed by atoms with Crippen LogP contribution in [0.2, 0.25) is 0 Å². The molecule has 1 aliphatic rings. The number of hydrogen-bond acceptors (Lipinski definition) is 1. The van der Waals surface area contributed by atoms with E-state index >= 15 is 0 Å². The molecule has 1 saturated carbocycles. The highest BCUT2D eigenvalue weighted by Crippen LogP contribution is 2.24. The van der Waals surface area contributed by atoms with E-state index in [0.717, 1.165) is 5.69 Å². The Morgan fingerprint density at radius 2 is 1.93 bits per heavy atom. The maximum Gasteiger partial charge on any atom is 0.195 e. The standard InChI is InChI=1S/C12H17N3/c1-9-3-7-11(8-4-9)15(2)12(13)14-10-5-6-10/h3-4,7-8,10H,5-6H2,1-2H3,(H2,13,14). The van der Waals surface area contributed by atoms with Crippen LogP contribution >= 0.6 is 0 Å². The summed E-state index contributed by atoms with van der Waals surface area (Å²) in [5.74, 6) is 0.612. The fourth-order valence-electron chi connectivity index (χ4n) is 1.38. The first-order valence-corrected chi connectivity index (χ1v) is 5.30. The van der Waals surface area contributed by atoms with Gasteiger partial charge in [0.25, 0.3) is 0 Å². The minimum atomic E-state index is 0.470. The maximum atomic E-state index is 5.90. The normalized spacial score (nSPS) is 16.5. The van der Waals surface area contributed by atoms with Gasteiger partial charge in [0.05, 0.1) is 6.04 Å². The largest absolute Gasteiger partial charge is 0.370 e. The monoisotopic (exact) mass is 203 g/mol. The number of nitrogens with zero attached hydrogens (tertiary/aromatic N) is 2. The fraction of sp³-hybridized carbons (Fsp3) is 0.417. The minimum absolute atomic E-state index is 0.470. The van der Waals surface area contributed by atoms with Gasteiger partial charge in [0.2, 0.25) is 0 Å². The Kier molecular flexibility index (Phi) is 2.62. The van der Waals surface area contributed by atoms with Crippen molar-refractivity contribution in [1.82, 2.24) is 0 Å². The minimum Gasteiger partial charge on any atom is -0.370 e. The lowest BCUT2D eigenvalue weighted by atomic mass is 10.2. The van der Waals surface area contributed by atoms with Crippen LogP contribution in [0.15, 0.2) is 29.3 Å². The summed E-state index contributed by atoms with van der Waals surface area (Å²) in [4.78, 5) is 6.34. The van der Waals surface area contributed by atoms with Crippen LogP contribution in [0.1, 0.15) is 18.4 Å².